The third-order valence-corrected chi connectivity index (χ3v) is 3.61. The number of halogens is 2. The molecule has 2 rings (SSSR count). The Morgan fingerprint density at radius 1 is 1.17 bits per heavy atom. The fourth-order valence-electron chi connectivity index (χ4n) is 2.34. The average Bonchev–Trinajstić information content (AvgIpc) is 2.49. The van der Waals surface area contributed by atoms with E-state index in [9.17, 15) is 10.2 Å². The van der Waals surface area contributed by atoms with Crippen molar-refractivity contribution in [1.82, 2.24) is 10.3 Å². The van der Waals surface area contributed by atoms with Crippen molar-refractivity contribution in [1.29, 1.82) is 0 Å². The van der Waals surface area contributed by atoms with Gasteiger partial charge in [-0.25, -0.2) is 0 Å². The zero-order chi connectivity index (χ0) is 15.2. The largest absolute Gasteiger partial charge is 0.506 e. The molecule has 0 fully saturated rings. The first-order chi connectivity index (χ1) is 10.1. The smallest absolute Gasteiger partial charge is 0.142 e. The highest BCUT2D eigenvalue weighted by Gasteiger charge is 2.11. The highest BCUT2D eigenvalue weighted by Crippen LogP contribution is 2.23. The fraction of sp³-hybridized carbons (Fsp3) is 0.353. The first-order valence-electron chi connectivity index (χ1n) is 7.16. The molecule has 0 saturated heterocycles. The molecular weight excluding hydrogens is 335 g/mol. The number of aromatic nitrogens is 1. The summed E-state index contributed by atoms with van der Waals surface area (Å²) in [6.07, 6.45) is 2.64. The highest BCUT2D eigenvalue weighted by atomic mass is 35.5. The predicted molar refractivity (Wildman–Crippen MR) is 97.5 cm³/mol. The third-order valence-electron chi connectivity index (χ3n) is 3.61. The van der Waals surface area contributed by atoms with E-state index in [4.69, 9.17) is 0 Å². The normalized spacial score (nSPS) is 11.3. The van der Waals surface area contributed by atoms with Gasteiger partial charge in [0.05, 0.1) is 12.3 Å². The van der Waals surface area contributed by atoms with Gasteiger partial charge in [0.15, 0.2) is 0 Å². The number of nitrogens with one attached hydrogen (secondary N) is 1. The Morgan fingerprint density at radius 2 is 1.83 bits per heavy atom. The molecule has 2 aromatic rings. The second kappa shape index (κ2) is 10.4. The lowest BCUT2D eigenvalue weighted by atomic mass is 10.1. The van der Waals surface area contributed by atoms with E-state index in [-0.39, 0.29) is 37.2 Å². The number of hydrogen-bond acceptors (Lipinski definition) is 4. The Labute approximate surface area is 149 Å². The van der Waals surface area contributed by atoms with Crippen LogP contribution in [0.5, 0.6) is 5.75 Å². The van der Waals surface area contributed by atoms with E-state index in [1.165, 1.54) is 5.56 Å². The third kappa shape index (κ3) is 5.99. The highest BCUT2D eigenvalue weighted by molar-refractivity contribution is 5.85. The standard InChI is InChI=1S/C17H22N2O2.2ClH/c1-12(8-14-6-4-3-5-7-14)18-9-15-10-19-13(2)17(21)16(15)11-20;;/h3-7,10,12,18,20-21H,8-9,11H2,1-2H3;2*1H. The van der Waals surface area contributed by atoms with Gasteiger partial charge in [0.25, 0.3) is 0 Å². The number of rotatable bonds is 6. The van der Waals surface area contributed by atoms with E-state index >= 15 is 0 Å². The fourth-order valence-corrected chi connectivity index (χ4v) is 2.34. The van der Waals surface area contributed by atoms with Crippen molar-refractivity contribution in [3.63, 3.8) is 0 Å². The van der Waals surface area contributed by atoms with Crippen molar-refractivity contribution in [2.24, 2.45) is 0 Å². The van der Waals surface area contributed by atoms with Crippen LogP contribution in [0.4, 0.5) is 0 Å². The van der Waals surface area contributed by atoms with Gasteiger partial charge in [0.2, 0.25) is 0 Å². The van der Waals surface area contributed by atoms with Crippen molar-refractivity contribution in [2.75, 3.05) is 0 Å². The van der Waals surface area contributed by atoms with Crippen LogP contribution in [0, 0.1) is 6.92 Å². The summed E-state index contributed by atoms with van der Waals surface area (Å²) in [6, 6.07) is 10.6. The molecule has 1 atom stereocenters. The summed E-state index contributed by atoms with van der Waals surface area (Å²) in [5, 5.41) is 22.7. The zero-order valence-corrected chi connectivity index (χ0v) is 15.0. The summed E-state index contributed by atoms with van der Waals surface area (Å²) in [4.78, 5) is 4.15. The zero-order valence-electron chi connectivity index (χ0n) is 13.3. The number of aliphatic hydroxyl groups excluding tert-OH is 1. The van der Waals surface area contributed by atoms with Gasteiger partial charge in [-0.3, -0.25) is 4.98 Å². The molecular formula is C17H24Cl2N2O2. The summed E-state index contributed by atoms with van der Waals surface area (Å²) >= 11 is 0. The molecule has 1 heterocycles. The van der Waals surface area contributed by atoms with Gasteiger partial charge >= 0.3 is 0 Å². The molecule has 0 aliphatic rings. The Balaban J connectivity index is 0.00000242. The molecule has 1 aromatic heterocycles. The molecule has 1 unspecified atom stereocenters. The number of pyridine rings is 1. The molecule has 0 aliphatic carbocycles. The Bertz CT molecular complexity index is 595. The first-order valence-corrected chi connectivity index (χ1v) is 7.16. The monoisotopic (exact) mass is 358 g/mol. The van der Waals surface area contributed by atoms with Crippen LogP contribution in [0.2, 0.25) is 0 Å². The minimum absolute atomic E-state index is 0. The first kappa shape index (κ1) is 21.7. The minimum Gasteiger partial charge on any atom is -0.506 e. The molecule has 3 N–H and O–H groups in total. The summed E-state index contributed by atoms with van der Waals surface area (Å²) < 4.78 is 0. The van der Waals surface area contributed by atoms with Crippen molar-refractivity contribution in [3.05, 3.63) is 58.9 Å². The second-order valence-electron chi connectivity index (χ2n) is 5.33. The molecule has 23 heavy (non-hydrogen) atoms. The number of aryl methyl sites for hydroxylation is 1. The molecule has 0 bridgehead atoms. The number of benzene rings is 1. The molecule has 4 nitrogen and oxygen atoms in total. The SMILES string of the molecule is Cc1ncc(CNC(C)Cc2ccccc2)c(CO)c1O.Cl.Cl. The van der Waals surface area contributed by atoms with Gasteiger partial charge in [0, 0.05) is 24.3 Å². The topological polar surface area (TPSA) is 65.4 Å². The molecule has 0 spiro atoms. The number of hydrogen-bond donors (Lipinski definition) is 3. The van der Waals surface area contributed by atoms with Crippen LogP contribution in [0.3, 0.4) is 0 Å². The Hall–Kier alpha value is -1.33. The van der Waals surface area contributed by atoms with E-state index in [1.807, 2.05) is 18.2 Å². The maximum Gasteiger partial charge on any atom is 0.142 e. The lowest BCUT2D eigenvalue weighted by Crippen LogP contribution is -2.28. The number of aromatic hydroxyl groups is 1. The average molecular weight is 359 g/mol. The van der Waals surface area contributed by atoms with Crippen LogP contribution in [-0.2, 0) is 19.6 Å². The van der Waals surface area contributed by atoms with Crippen molar-refractivity contribution in [2.45, 2.75) is 39.5 Å². The van der Waals surface area contributed by atoms with Crippen LogP contribution in [0.15, 0.2) is 36.5 Å². The van der Waals surface area contributed by atoms with E-state index < -0.39 is 0 Å². The van der Waals surface area contributed by atoms with E-state index in [0.717, 1.165) is 12.0 Å². The molecule has 1 aromatic carbocycles. The van der Waals surface area contributed by atoms with E-state index in [2.05, 4.69) is 29.4 Å². The van der Waals surface area contributed by atoms with Gasteiger partial charge in [-0.15, -0.1) is 24.8 Å². The van der Waals surface area contributed by atoms with E-state index in [0.29, 0.717) is 23.8 Å². The molecule has 6 heteroatoms. The number of aliphatic hydroxyl groups is 1. The van der Waals surface area contributed by atoms with Gasteiger partial charge in [0.1, 0.15) is 5.75 Å². The van der Waals surface area contributed by atoms with Crippen LogP contribution in [0.25, 0.3) is 0 Å². The molecule has 128 valence electrons. The minimum atomic E-state index is -0.181. The second-order valence-corrected chi connectivity index (χ2v) is 5.33. The van der Waals surface area contributed by atoms with Crippen LogP contribution in [-0.4, -0.2) is 21.2 Å². The summed E-state index contributed by atoms with van der Waals surface area (Å²) in [5.74, 6) is 0.0903. The van der Waals surface area contributed by atoms with Gasteiger partial charge in [-0.05, 0) is 31.4 Å². The maximum absolute atomic E-state index is 9.93. The molecule has 0 aliphatic heterocycles. The summed E-state index contributed by atoms with van der Waals surface area (Å²) in [5.41, 5.74) is 3.22. The number of nitrogens with zero attached hydrogens (tertiary/aromatic N) is 1. The molecule has 0 saturated carbocycles. The maximum atomic E-state index is 9.93. The quantitative estimate of drug-likeness (QED) is 0.741. The van der Waals surface area contributed by atoms with Gasteiger partial charge in [-0.2, -0.15) is 0 Å². The lowest BCUT2D eigenvalue weighted by Gasteiger charge is -2.16. The summed E-state index contributed by atoms with van der Waals surface area (Å²) in [7, 11) is 0. The molecule has 0 amide bonds. The molecule has 0 radical (unpaired) electrons. The van der Waals surface area contributed by atoms with Gasteiger partial charge < -0.3 is 15.5 Å². The Morgan fingerprint density at radius 3 is 2.43 bits per heavy atom. The van der Waals surface area contributed by atoms with Crippen LogP contribution in [0.1, 0.15) is 29.3 Å². The van der Waals surface area contributed by atoms with Crippen LogP contribution >= 0.6 is 24.8 Å². The van der Waals surface area contributed by atoms with Crippen LogP contribution < -0.4 is 5.32 Å². The lowest BCUT2D eigenvalue weighted by molar-refractivity contribution is 0.273. The predicted octanol–water partition coefficient (Wildman–Crippen LogP) is 3.15. The van der Waals surface area contributed by atoms with Crippen molar-refractivity contribution < 1.29 is 10.2 Å². The van der Waals surface area contributed by atoms with E-state index in [1.54, 1.807) is 13.1 Å². The summed E-state index contributed by atoms with van der Waals surface area (Å²) in [6.45, 7) is 4.24. The van der Waals surface area contributed by atoms with Crippen molar-refractivity contribution >= 4 is 24.8 Å². The van der Waals surface area contributed by atoms with Crippen molar-refractivity contribution in [3.8, 4) is 5.75 Å². The Kier molecular flexibility index (Phi) is 9.84. The van der Waals surface area contributed by atoms with Gasteiger partial charge in [-0.1, -0.05) is 30.3 Å².